The molecule has 0 aromatic carbocycles. The van der Waals surface area contributed by atoms with Gasteiger partial charge in [0.15, 0.2) is 0 Å². The number of carbonyl (C=O) groups is 2. The molecule has 6 nitrogen and oxygen atoms in total. The summed E-state index contributed by atoms with van der Waals surface area (Å²) in [6.07, 6.45) is 11.7. The third-order valence-electron chi connectivity index (χ3n) is 11.5. The number of hydrogen-bond acceptors (Lipinski definition) is 6. The molecular formula is C32H54O6. The Hall–Kier alpha value is -1.14. The maximum Gasteiger partial charge on any atom is 0.305 e. The second-order valence-corrected chi connectivity index (χ2v) is 14.7. The third kappa shape index (κ3) is 5.82. The third-order valence-corrected chi connectivity index (χ3v) is 11.5. The maximum absolute atomic E-state index is 11.7. The van der Waals surface area contributed by atoms with Gasteiger partial charge >= 0.3 is 11.9 Å². The normalized spacial score (nSPS) is 41.4. The fourth-order valence-electron chi connectivity index (χ4n) is 9.68. The molecule has 0 heterocycles. The van der Waals surface area contributed by atoms with Crippen LogP contribution in [0.3, 0.4) is 0 Å². The van der Waals surface area contributed by atoms with Gasteiger partial charge in [0.1, 0.15) is 6.10 Å². The van der Waals surface area contributed by atoms with E-state index in [-0.39, 0.29) is 40.6 Å². The van der Waals surface area contributed by atoms with Gasteiger partial charge in [-0.25, -0.2) is 9.78 Å². The molecule has 4 aliphatic carbocycles. The van der Waals surface area contributed by atoms with E-state index in [4.69, 9.17) is 19.2 Å². The monoisotopic (exact) mass is 534 g/mol. The first-order valence-corrected chi connectivity index (χ1v) is 15.4. The van der Waals surface area contributed by atoms with Crippen molar-refractivity contribution in [1.82, 2.24) is 0 Å². The van der Waals surface area contributed by atoms with Gasteiger partial charge in [-0.05, 0) is 126 Å². The van der Waals surface area contributed by atoms with Crippen LogP contribution in [0.25, 0.3) is 0 Å². The Labute approximate surface area is 231 Å². The van der Waals surface area contributed by atoms with Crippen LogP contribution < -0.4 is 0 Å². The van der Waals surface area contributed by atoms with E-state index in [0.717, 1.165) is 38.5 Å². The Morgan fingerprint density at radius 1 is 1.00 bits per heavy atom. The van der Waals surface area contributed by atoms with Crippen molar-refractivity contribution in [3.05, 3.63) is 0 Å². The summed E-state index contributed by atoms with van der Waals surface area (Å²) in [5, 5.41) is 0. The predicted molar refractivity (Wildman–Crippen MR) is 147 cm³/mol. The summed E-state index contributed by atoms with van der Waals surface area (Å²) in [5.41, 5.74) is -0.0340. The minimum absolute atomic E-state index is 0.0605. The molecule has 218 valence electrons. The highest BCUT2D eigenvalue weighted by atomic mass is 17.2. The molecular weight excluding hydrogens is 480 g/mol. The highest BCUT2D eigenvalue weighted by molar-refractivity contribution is 5.69. The van der Waals surface area contributed by atoms with Gasteiger partial charge < -0.3 is 9.47 Å². The van der Waals surface area contributed by atoms with E-state index in [0.29, 0.717) is 41.9 Å². The van der Waals surface area contributed by atoms with E-state index in [1.165, 1.54) is 39.7 Å². The lowest BCUT2D eigenvalue weighted by atomic mass is 9.43. The van der Waals surface area contributed by atoms with Crippen molar-refractivity contribution in [2.75, 3.05) is 7.11 Å². The van der Waals surface area contributed by atoms with Gasteiger partial charge in [0.2, 0.25) is 0 Å². The number of rotatable bonds is 8. The van der Waals surface area contributed by atoms with Crippen LogP contribution in [-0.4, -0.2) is 36.9 Å². The van der Waals surface area contributed by atoms with Crippen LogP contribution in [0.5, 0.6) is 0 Å². The molecule has 2 unspecified atom stereocenters. The van der Waals surface area contributed by atoms with Gasteiger partial charge in [-0.2, -0.15) is 0 Å². The highest BCUT2D eigenvalue weighted by Crippen LogP contribution is 2.69. The topological polar surface area (TPSA) is 71.1 Å². The molecule has 0 N–H and O–H groups in total. The van der Waals surface area contributed by atoms with Gasteiger partial charge in [0, 0.05) is 18.8 Å². The summed E-state index contributed by atoms with van der Waals surface area (Å²) in [4.78, 5) is 36.0. The van der Waals surface area contributed by atoms with Gasteiger partial charge in [-0.3, -0.25) is 9.59 Å². The molecule has 10 atom stereocenters. The molecule has 6 heteroatoms. The van der Waals surface area contributed by atoms with Crippen LogP contribution in [0.2, 0.25) is 0 Å². The minimum Gasteiger partial charge on any atom is -0.469 e. The van der Waals surface area contributed by atoms with Gasteiger partial charge in [0.05, 0.1) is 18.8 Å². The SMILES string of the molecule is COC(=O)CCC[C@@H](C)[C@H]1CC[C@H]2[C@@H]3CC[C@@H]4C[C@H](OC(C)=O)CC[C@]4(C)C3CC(OOC(C)(C)C)[C@]12C. The van der Waals surface area contributed by atoms with Crippen molar-refractivity contribution in [1.29, 1.82) is 0 Å². The smallest absolute Gasteiger partial charge is 0.305 e. The Bertz CT molecular complexity index is 849. The van der Waals surface area contributed by atoms with E-state index in [9.17, 15) is 9.59 Å². The zero-order chi connectivity index (χ0) is 27.9. The lowest BCUT2D eigenvalue weighted by Crippen LogP contribution is -2.59. The van der Waals surface area contributed by atoms with E-state index >= 15 is 0 Å². The number of esters is 2. The minimum atomic E-state index is -0.357. The average molecular weight is 535 g/mol. The molecule has 38 heavy (non-hydrogen) atoms. The maximum atomic E-state index is 11.7. The Morgan fingerprint density at radius 3 is 2.39 bits per heavy atom. The fraction of sp³-hybridized carbons (Fsp3) is 0.938. The van der Waals surface area contributed by atoms with Crippen LogP contribution >= 0.6 is 0 Å². The summed E-state index contributed by atoms with van der Waals surface area (Å²) in [5.74, 6) is 3.39. The molecule has 0 spiro atoms. The molecule has 0 aliphatic heterocycles. The molecule has 0 radical (unpaired) electrons. The van der Waals surface area contributed by atoms with Crippen LogP contribution in [0.1, 0.15) is 119 Å². The van der Waals surface area contributed by atoms with Crippen LogP contribution in [0.4, 0.5) is 0 Å². The number of carbonyl (C=O) groups excluding carboxylic acids is 2. The second kappa shape index (κ2) is 11.4. The summed E-state index contributed by atoms with van der Waals surface area (Å²) in [6.45, 7) is 15.2. The van der Waals surface area contributed by atoms with Crippen LogP contribution in [0.15, 0.2) is 0 Å². The number of fused-ring (bicyclic) bond motifs is 5. The van der Waals surface area contributed by atoms with Gasteiger partial charge in [-0.15, -0.1) is 0 Å². The Balaban J connectivity index is 1.56. The van der Waals surface area contributed by atoms with E-state index < -0.39 is 0 Å². The predicted octanol–water partition coefficient (Wildman–Crippen LogP) is 7.28. The highest BCUT2D eigenvalue weighted by Gasteiger charge is 2.65. The molecule has 0 aromatic heterocycles. The van der Waals surface area contributed by atoms with Gasteiger partial charge in [-0.1, -0.05) is 20.8 Å². The molecule has 0 amide bonds. The number of hydrogen-bond donors (Lipinski definition) is 0. The standard InChI is InChI=1S/C32H54O6/c1-20(10-9-11-29(34)35-8)25-14-15-26-24-13-12-22-18-23(36-21(2)33)16-17-31(22,6)27(24)19-28(32(25,26)7)37-38-30(3,4)5/h20,22-28H,9-19H2,1-8H3/t20-,22-,23-,24+,25-,26+,27?,28?,31+,32-/m1/s1. The zero-order valence-electron chi connectivity index (χ0n) is 25.3. The van der Waals surface area contributed by atoms with E-state index in [2.05, 4.69) is 41.5 Å². The molecule has 4 rings (SSSR count). The van der Waals surface area contributed by atoms with Gasteiger partial charge in [0.25, 0.3) is 0 Å². The summed E-state index contributed by atoms with van der Waals surface area (Å²) < 4.78 is 10.6. The molecule has 0 saturated heterocycles. The van der Waals surface area contributed by atoms with Crippen molar-refractivity contribution in [2.24, 2.45) is 46.3 Å². The van der Waals surface area contributed by atoms with Crippen LogP contribution in [-0.2, 0) is 28.8 Å². The first kappa shape index (κ1) is 29.8. The van der Waals surface area contributed by atoms with Crippen LogP contribution in [0, 0.1) is 46.3 Å². The lowest BCUT2D eigenvalue weighted by molar-refractivity contribution is -0.404. The van der Waals surface area contributed by atoms with E-state index in [1.807, 2.05) is 0 Å². The Morgan fingerprint density at radius 2 is 1.74 bits per heavy atom. The molecule has 0 bridgehead atoms. The molecule has 4 saturated carbocycles. The second-order valence-electron chi connectivity index (χ2n) is 14.7. The van der Waals surface area contributed by atoms with Crippen molar-refractivity contribution < 1.29 is 28.8 Å². The first-order valence-electron chi connectivity index (χ1n) is 15.4. The fourth-order valence-corrected chi connectivity index (χ4v) is 9.68. The summed E-state index contributed by atoms with van der Waals surface area (Å²) >= 11 is 0. The molecule has 0 aromatic rings. The van der Waals surface area contributed by atoms with Crippen molar-refractivity contribution in [3.8, 4) is 0 Å². The Kier molecular flexibility index (Phi) is 8.94. The van der Waals surface area contributed by atoms with Crippen molar-refractivity contribution >= 4 is 11.9 Å². The number of methoxy groups -OCH3 is 1. The van der Waals surface area contributed by atoms with E-state index in [1.54, 1.807) is 0 Å². The first-order chi connectivity index (χ1) is 17.8. The molecule has 4 fully saturated rings. The summed E-state index contributed by atoms with van der Waals surface area (Å²) in [6, 6.07) is 0. The quantitative estimate of drug-likeness (QED) is 0.185. The largest absolute Gasteiger partial charge is 0.469 e. The van der Waals surface area contributed by atoms with Crippen molar-refractivity contribution in [2.45, 2.75) is 137 Å². The summed E-state index contributed by atoms with van der Waals surface area (Å²) in [7, 11) is 1.47. The number of ether oxygens (including phenoxy) is 2. The zero-order valence-corrected chi connectivity index (χ0v) is 25.3. The molecule has 4 aliphatic rings. The average Bonchev–Trinajstić information content (AvgIpc) is 3.20. The lowest BCUT2D eigenvalue weighted by Gasteiger charge is -2.62. The van der Waals surface area contributed by atoms with Crippen molar-refractivity contribution in [3.63, 3.8) is 0 Å².